The number of hydrogen-bond donors (Lipinski definition) is 1. The molecule has 0 aromatic carbocycles. The Morgan fingerprint density at radius 3 is 2.78 bits per heavy atom. The summed E-state index contributed by atoms with van der Waals surface area (Å²) in [7, 11) is -3.47. The Morgan fingerprint density at radius 2 is 2.09 bits per heavy atom. The van der Waals surface area contributed by atoms with Gasteiger partial charge in [0, 0.05) is 25.2 Å². The van der Waals surface area contributed by atoms with E-state index in [1.807, 2.05) is 0 Å². The second kappa shape index (κ2) is 6.05. The van der Waals surface area contributed by atoms with Crippen molar-refractivity contribution in [1.29, 1.82) is 0 Å². The molecule has 1 amide bonds. The number of sulfone groups is 1. The van der Waals surface area contributed by atoms with Crippen LogP contribution in [-0.2, 0) is 14.6 Å². The second-order valence-electron chi connectivity index (χ2n) is 5.14. The number of aromatic nitrogens is 4. The molecule has 1 atom stereocenters. The van der Waals surface area contributed by atoms with Crippen LogP contribution < -0.4 is 0 Å². The first-order valence-corrected chi connectivity index (χ1v) is 8.74. The molecule has 122 valence electrons. The van der Waals surface area contributed by atoms with E-state index < -0.39 is 15.9 Å². The van der Waals surface area contributed by atoms with E-state index in [-0.39, 0.29) is 17.4 Å². The van der Waals surface area contributed by atoms with Gasteiger partial charge in [-0.2, -0.15) is 5.10 Å². The van der Waals surface area contributed by atoms with E-state index in [1.165, 1.54) is 24.9 Å². The zero-order valence-electron chi connectivity index (χ0n) is 12.3. The van der Waals surface area contributed by atoms with Gasteiger partial charge in [-0.05, 0) is 0 Å². The van der Waals surface area contributed by atoms with Gasteiger partial charge >= 0.3 is 0 Å². The molecule has 3 rings (SSSR count). The van der Waals surface area contributed by atoms with Gasteiger partial charge in [-0.3, -0.25) is 9.89 Å². The normalized spacial score (nSPS) is 18.8. The van der Waals surface area contributed by atoms with E-state index in [2.05, 4.69) is 20.2 Å². The van der Waals surface area contributed by atoms with Crippen LogP contribution in [0.5, 0.6) is 0 Å². The lowest BCUT2D eigenvalue weighted by Gasteiger charge is -2.35. The molecule has 2 aromatic heterocycles. The summed E-state index contributed by atoms with van der Waals surface area (Å²) >= 11 is 0. The third kappa shape index (κ3) is 3.08. The van der Waals surface area contributed by atoms with Gasteiger partial charge in [0.2, 0.25) is 0 Å². The molecule has 0 spiro atoms. The lowest BCUT2D eigenvalue weighted by Crippen LogP contribution is -2.44. The van der Waals surface area contributed by atoms with E-state index >= 15 is 0 Å². The summed E-state index contributed by atoms with van der Waals surface area (Å²) < 4.78 is 29.2. The second-order valence-corrected chi connectivity index (χ2v) is 7.12. The molecule has 3 heterocycles. The van der Waals surface area contributed by atoms with Crippen molar-refractivity contribution in [2.45, 2.75) is 10.9 Å². The predicted octanol–water partition coefficient (Wildman–Crippen LogP) is -0.183. The highest BCUT2D eigenvalue weighted by molar-refractivity contribution is 7.90. The van der Waals surface area contributed by atoms with E-state index in [0.29, 0.717) is 24.4 Å². The van der Waals surface area contributed by atoms with E-state index in [0.717, 1.165) is 6.26 Å². The fourth-order valence-corrected chi connectivity index (χ4v) is 3.31. The number of hydrogen-bond acceptors (Lipinski definition) is 7. The summed E-state index contributed by atoms with van der Waals surface area (Å²) in [5.74, 6) is -0.284. The van der Waals surface area contributed by atoms with Crippen LogP contribution in [0.2, 0.25) is 0 Å². The van der Waals surface area contributed by atoms with Crippen LogP contribution in [0.4, 0.5) is 0 Å². The Labute approximate surface area is 132 Å². The predicted molar refractivity (Wildman–Crippen MR) is 78.3 cm³/mol. The standard InChI is InChI=1S/C13H15N5O4S/c1-23(20,21)11-6-16-17-12(11)10-7-22-3-2-18(10)13(19)9-4-14-8-15-5-9/h4-6,8,10H,2-3,7H2,1H3,(H,16,17)/t10-/m0/s1. The lowest BCUT2D eigenvalue weighted by molar-refractivity contribution is -0.00472. The van der Waals surface area contributed by atoms with Crippen molar-refractivity contribution in [3.63, 3.8) is 0 Å². The highest BCUT2D eigenvalue weighted by Gasteiger charge is 2.34. The fraction of sp³-hybridized carbons (Fsp3) is 0.385. The number of amides is 1. The number of rotatable bonds is 3. The number of carbonyl (C=O) groups excluding carboxylic acids is 1. The van der Waals surface area contributed by atoms with Crippen LogP contribution in [-0.4, -0.2) is 65.4 Å². The van der Waals surface area contributed by atoms with Gasteiger partial charge < -0.3 is 9.64 Å². The smallest absolute Gasteiger partial charge is 0.257 e. The Hall–Kier alpha value is -2.33. The summed E-state index contributed by atoms with van der Waals surface area (Å²) in [6.45, 7) is 0.892. The molecule has 9 nitrogen and oxygen atoms in total. The minimum absolute atomic E-state index is 0.0649. The molecular formula is C13H15N5O4S. The lowest BCUT2D eigenvalue weighted by atomic mass is 10.1. The quantitative estimate of drug-likeness (QED) is 0.825. The molecule has 2 aromatic rings. The van der Waals surface area contributed by atoms with Crippen molar-refractivity contribution in [2.24, 2.45) is 0 Å². The third-order valence-electron chi connectivity index (χ3n) is 3.56. The summed E-state index contributed by atoms with van der Waals surface area (Å²) in [5.41, 5.74) is 0.678. The Balaban J connectivity index is 1.97. The maximum atomic E-state index is 12.7. The van der Waals surface area contributed by atoms with Crippen molar-refractivity contribution in [1.82, 2.24) is 25.1 Å². The maximum absolute atomic E-state index is 12.7. The fourth-order valence-electron chi connectivity index (χ4n) is 2.48. The number of ether oxygens (including phenoxy) is 1. The van der Waals surface area contributed by atoms with Gasteiger partial charge in [0.25, 0.3) is 5.91 Å². The van der Waals surface area contributed by atoms with Gasteiger partial charge in [0.05, 0.1) is 36.7 Å². The first-order valence-electron chi connectivity index (χ1n) is 6.85. The van der Waals surface area contributed by atoms with Crippen molar-refractivity contribution in [3.8, 4) is 0 Å². The molecule has 23 heavy (non-hydrogen) atoms. The van der Waals surface area contributed by atoms with E-state index in [1.54, 1.807) is 4.90 Å². The van der Waals surface area contributed by atoms with Crippen molar-refractivity contribution < 1.29 is 17.9 Å². The molecule has 10 heteroatoms. The molecule has 0 radical (unpaired) electrons. The molecule has 1 aliphatic rings. The van der Waals surface area contributed by atoms with Crippen LogP contribution in [0.15, 0.2) is 29.8 Å². The average molecular weight is 337 g/mol. The Kier molecular flexibility index (Phi) is 4.09. The van der Waals surface area contributed by atoms with E-state index in [9.17, 15) is 13.2 Å². The monoisotopic (exact) mass is 337 g/mol. The van der Waals surface area contributed by atoms with Gasteiger partial charge in [-0.15, -0.1) is 0 Å². The molecule has 0 unspecified atom stereocenters. The SMILES string of the molecule is CS(=O)(=O)c1cn[nH]c1[C@@H]1COCCN1C(=O)c1cncnc1. The number of carbonyl (C=O) groups is 1. The highest BCUT2D eigenvalue weighted by Crippen LogP contribution is 2.28. The molecule has 1 N–H and O–H groups in total. The number of nitrogens with zero attached hydrogens (tertiary/aromatic N) is 4. The average Bonchev–Trinajstić information content (AvgIpc) is 3.05. The van der Waals surface area contributed by atoms with Gasteiger partial charge in [-0.25, -0.2) is 18.4 Å². The molecular weight excluding hydrogens is 322 g/mol. The molecule has 0 saturated carbocycles. The summed E-state index contributed by atoms with van der Waals surface area (Å²) in [4.78, 5) is 22.0. The summed E-state index contributed by atoms with van der Waals surface area (Å²) in [6.07, 6.45) is 6.53. The zero-order chi connectivity index (χ0) is 16.4. The molecule has 0 aliphatic carbocycles. The molecule has 1 saturated heterocycles. The van der Waals surface area contributed by atoms with Gasteiger partial charge in [0.1, 0.15) is 11.2 Å². The first-order chi connectivity index (χ1) is 11.0. The van der Waals surface area contributed by atoms with E-state index in [4.69, 9.17) is 4.74 Å². The van der Waals surface area contributed by atoms with Crippen molar-refractivity contribution >= 4 is 15.7 Å². The van der Waals surface area contributed by atoms with Crippen molar-refractivity contribution in [3.05, 3.63) is 36.2 Å². The third-order valence-corrected chi connectivity index (χ3v) is 4.69. The first kappa shape index (κ1) is 15.6. The number of morpholine rings is 1. The van der Waals surface area contributed by atoms with Crippen LogP contribution in [0.25, 0.3) is 0 Å². The van der Waals surface area contributed by atoms with Crippen LogP contribution in [0, 0.1) is 0 Å². The van der Waals surface area contributed by atoms with Crippen LogP contribution in [0.1, 0.15) is 22.1 Å². The maximum Gasteiger partial charge on any atom is 0.257 e. The molecule has 0 bridgehead atoms. The zero-order valence-corrected chi connectivity index (χ0v) is 13.2. The van der Waals surface area contributed by atoms with Gasteiger partial charge in [-0.1, -0.05) is 0 Å². The number of H-pyrrole nitrogens is 1. The highest BCUT2D eigenvalue weighted by atomic mass is 32.2. The topological polar surface area (TPSA) is 118 Å². The van der Waals surface area contributed by atoms with Crippen LogP contribution in [0.3, 0.4) is 0 Å². The minimum Gasteiger partial charge on any atom is -0.377 e. The number of nitrogens with one attached hydrogen (secondary N) is 1. The largest absolute Gasteiger partial charge is 0.377 e. The van der Waals surface area contributed by atoms with Crippen LogP contribution >= 0.6 is 0 Å². The Bertz CT molecular complexity index is 805. The summed E-state index contributed by atoms with van der Waals surface area (Å²) in [5, 5.41) is 6.49. The molecule has 1 fully saturated rings. The summed E-state index contributed by atoms with van der Waals surface area (Å²) in [6, 6.07) is -0.566. The molecule has 1 aliphatic heterocycles. The van der Waals surface area contributed by atoms with Gasteiger partial charge in [0.15, 0.2) is 9.84 Å². The van der Waals surface area contributed by atoms with Crippen molar-refractivity contribution in [2.75, 3.05) is 26.0 Å². The number of aromatic amines is 1. The minimum atomic E-state index is -3.47. The Morgan fingerprint density at radius 1 is 1.35 bits per heavy atom.